The molecule has 1 amide bonds. The second-order valence-corrected chi connectivity index (χ2v) is 5.83. The van der Waals surface area contributed by atoms with Crippen LogP contribution in [0.4, 0.5) is 5.00 Å². The summed E-state index contributed by atoms with van der Waals surface area (Å²) >= 11 is 1.54. The minimum absolute atomic E-state index is 0.163. The fraction of sp³-hybridized carbons (Fsp3) is 0.538. The van der Waals surface area contributed by atoms with Gasteiger partial charge in [0.05, 0.1) is 12.2 Å². The van der Waals surface area contributed by atoms with Crippen molar-refractivity contribution in [3.63, 3.8) is 0 Å². The van der Waals surface area contributed by atoms with E-state index < -0.39 is 6.10 Å². The van der Waals surface area contributed by atoms with E-state index in [2.05, 4.69) is 16.7 Å². The first kappa shape index (κ1) is 12.6. The number of aryl methyl sites for hydroxylation is 1. The van der Waals surface area contributed by atoms with Crippen LogP contribution in [-0.4, -0.2) is 31.7 Å². The Morgan fingerprint density at radius 2 is 2.42 bits per heavy atom. The van der Waals surface area contributed by atoms with Crippen LogP contribution < -0.4 is 10.6 Å². The molecule has 3 rings (SSSR count). The number of fused-ring (bicyclic) bond motifs is 1. The standard InChI is InChI=1S/C13H15N3O2S/c14-6-9-8-2-1-3-11(8)19-13(9)16-12(17)10-7-15-4-5-18-10/h10,15H,1-5,7H2,(H,16,17). The minimum Gasteiger partial charge on any atom is -0.366 e. The summed E-state index contributed by atoms with van der Waals surface area (Å²) in [5.74, 6) is -0.163. The molecule has 2 aliphatic rings. The SMILES string of the molecule is N#Cc1c(NC(=O)C2CNCCO2)sc2c1CCC2. The van der Waals surface area contributed by atoms with Crippen LogP contribution in [0.5, 0.6) is 0 Å². The predicted octanol–water partition coefficient (Wildman–Crippen LogP) is 1.04. The van der Waals surface area contributed by atoms with Crippen molar-refractivity contribution in [2.45, 2.75) is 25.4 Å². The molecule has 100 valence electrons. The summed E-state index contributed by atoms with van der Waals surface area (Å²) < 4.78 is 5.41. The van der Waals surface area contributed by atoms with E-state index in [0.29, 0.717) is 23.7 Å². The number of rotatable bonds is 2. The number of hydrogen-bond donors (Lipinski definition) is 2. The highest BCUT2D eigenvalue weighted by atomic mass is 32.1. The minimum atomic E-state index is -0.461. The molecule has 1 aliphatic heterocycles. The summed E-state index contributed by atoms with van der Waals surface area (Å²) in [6.07, 6.45) is 2.62. The molecule has 1 saturated heterocycles. The number of ether oxygens (including phenoxy) is 1. The Morgan fingerprint density at radius 1 is 1.53 bits per heavy atom. The Labute approximate surface area is 115 Å². The van der Waals surface area contributed by atoms with Gasteiger partial charge in [-0.3, -0.25) is 4.79 Å². The van der Waals surface area contributed by atoms with Gasteiger partial charge in [0.15, 0.2) is 0 Å². The lowest BCUT2D eigenvalue weighted by Gasteiger charge is -2.22. The van der Waals surface area contributed by atoms with Crippen molar-refractivity contribution in [3.8, 4) is 6.07 Å². The monoisotopic (exact) mass is 277 g/mol. The van der Waals surface area contributed by atoms with Crippen molar-refractivity contribution in [2.75, 3.05) is 25.0 Å². The molecule has 5 nitrogen and oxygen atoms in total. The van der Waals surface area contributed by atoms with Gasteiger partial charge in [0, 0.05) is 18.0 Å². The van der Waals surface area contributed by atoms with E-state index in [1.165, 1.54) is 16.2 Å². The Hall–Kier alpha value is -1.42. The van der Waals surface area contributed by atoms with Crippen molar-refractivity contribution in [2.24, 2.45) is 0 Å². The molecule has 1 aromatic heterocycles. The lowest BCUT2D eigenvalue weighted by Crippen LogP contribution is -2.45. The number of nitrogens with one attached hydrogen (secondary N) is 2. The number of carbonyl (C=O) groups is 1. The average Bonchev–Trinajstić information content (AvgIpc) is 3.00. The first-order valence-corrected chi connectivity index (χ1v) is 7.29. The second-order valence-electron chi connectivity index (χ2n) is 4.73. The molecule has 1 atom stereocenters. The fourth-order valence-corrected chi connectivity index (χ4v) is 3.78. The highest BCUT2D eigenvalue weighted by Crippen LogP contribution is 2.38. The quantitative estimate of drug-likeness (QED) is 0.847. The molecule has 2 N–H and O–H groups in total. The van der Waals surface area contributed by atoms with Gasteiger partial charge in [0.1, 0.15) is 17.2 Å². The molecule has 0 spiro atoms. The molecule has 0 saturated carbocycles. The van der Waals surface area contributed by atoms with Crippen LogP contribution in [0.25, 0.3) is 0 Å². The van der Waals surface area contributed by atoms with Crippen LogP contribution in [0, 0.1) is 11.3 Å². The summed E-state index contributed by atoms with van der Waals surface area (Å²) in [5.41, 5.74) is 1.78. The van der Waals surface area contributed by atoms with Crippen molar-refractivity contribution < 1.29 is 9.53 Å². The van der Waals surface area contributed by atoms with Crippen molar-refractivity contribution in [1.82, 2.24) is 5.32 Å². The van der Waals surface area contributed by atoms with Gasteiger partial charge in [-0.25, -0.2) is 0 Å². The summed E-state index contributed by atoms with van der Waals surface area (Å²) in [6.45, 7) is 1.85. The summed E-state index contributed by atoms with van der Waals surface area (Å²) in [7, 11) is 0. The zero-order valence-corrected chi connectivity index (χ0v) is 11.3. The van der Waals surface area contributed by atoms with Crippen LogP contribution in [-0.2, 0) is 22.4 Å². The third kappa shape index (κ3) is 2.37. The molecular weight excluding hydrogens is 262 g/mol. The molecule has 0 bridgehead atoms. The zero-order chi connectivity index (χ0) is 13.2. The Bertz CT molecular complexity index is 541. The van der Waals surface area contributed by atoms with E-state index in [9.17, 15) is 10.1 Å². The molecule has 1 aromatic rings. The molecule has 0 aromatic carbocycles. The lowest BCUT2D eigenvalue weighted by atomic mass is 10.1. The number of anilines is 1. The van der Waals surface area contributed by atoms with Gasteiger partial charge in [-0.05, 0) is 24.8 Å². The molecule has 0 radical (unpaired) electrons. The molecular formula is C13H15N3O2S. The Kier molecular flexibility index (Phi) is 3.51. The van der Waals surface area contributed by atoms with Gasteiger partial charge in [-0.15, -0.1) is 11.3 Å². The summed E-state index contributed by atoms with van der Waals surface area (Å²) in [6, 6.07) is 2.22. The van der Waals surface area contributed by atoms with Gasteiger partial charge in [0.25, 0.3) is 5.91 Å². The first-order chi connectivity index (χ1) is 9.29. The van der Waals surface area contributed by atoms with E-state index >= 15 is 0 Å². The number of amides is 1. The predicted molar refractivity (Wildman–Crippen MR) is 72.3 cm³/mol. The van der Waals surface area contributed by atoms with Crippen LogP contribution in [0.2, 0.25) is 0 Å². The molecule has 1 unspecified atom stereocenters. The van der Waals surface area contributed by atoms with Crippen molar-refractivity contribution >= 4 is 22.2 Å². The Morgan fingerprint density at radius 3 is 3.16 bits per heavy atom. The fourth-order valence-electron chi connectivity index (χ4n) is 2.54. The van der Waals surface area contributed by atoms with Crippen molar-refractivity contribution in [1.29, 1.82) is 5.26 Å². The van der Waals surface area contributed by atoms with Crippen LogP contribution >= 0.6 is 11.3 Å². The Balaban J connectivity index is 1.76. The average molecular weight is 277 g/mol. The highest BCUT2D eigenvalue weighted by Gasteiger charge is 2.26. The van der Waals surface area contributed by atoms with Crippen molar-refractivity contribution in [3.05, 3.63) is 16.0 Å². The first-order valence-electron chi connectivity index (χ1n) is 6.47. The van der Waals surface area contributed by atoms with Gasteiger partial charge in [-0.1, -0.05) is 0 Å². The number of carbonyl (C=O) groups excluding carboxylic acids is 1. The van der Waals surface area contributed by atoms with Crippen LogP contribution in [0.3, 0.4) is 0 Å². The van der Waals surface area contributed by atoms with Gasteiger partial charge < -0.3 is 15.4 Å². The van der Waals surface area contributed by atoms with Crippen LogP contribution in [0.15, 0.2) is 0 Å². The number of thiophene rings is 1. The van der Waals surface area contributed by atoms with E-state index in [-0.39, 0.29) is 5.91 Å². The van der Waals surface area contributed by atoms with E-state index in [4.69, 9.17) is 4.74 Å². The molecule has 1 fully saturated rings. The molecule has 6 heteroatoms. The lowest BCUT2D eigenvalue weighted by molar-refractivity contribution is -0.128. The summed E-state index contributed by atoms with van der Waals surface area (Å²) in [4.78, 5) is 13.3. The maximum Gasteiger partial charge on any atom is 0.255 e. The largest absolute Gasteiger partial charge is 0.366 e. The normalized spacial score (nSPS) is 21.7. The number of nitriles is 1. The molecule has 2 heterocycles. The maximum absolute atomic E-state index is 12.1. The highest BCUT2D eigenvalue weighted by molar-refractivity contribution is 7.16. The zero-order valence-electron chi connectivity index (χ0n) is 10.5. The maximum atomic E-state index is 12.1. The number of hydrogen-bond acceptors (Lipinski definition) is 5. The van der Waals surface area contributed by atoms with E-state index in [1.54, 1.807) is 0 Å². The third-order valence-corrected chi connectivity index (χ3v) is 4.70. The van der Waals surface area contributed by atoms with Gasteiger partial charge >= 0.3 is 0 Å². The third-order valence-electron chi connectivity index (χ3n) is 3.49. The molecule has 1 aliphatic carbocycles. The van der Waals surface area contributed by atoms with Gasteiger partial charge in [-0.2, -0.15) is 5.26 Å². The van der Waals surface area contributed by atoms with E-state index in [0.717, 1.165) is 31.4 Å². The second kappa shape index (κ2) is 5.29. The van der Waals surface area contributed by atoms with Gasteiger partial charge in [0.2, 0.25) is 0 Å². The molecule has 19 heavy (non-hydrogen) atoms. The topological polar surface area (TPSA) is 74.2 Å². The van der Waals surface area contributed by atoms with E-state index in [1.807, 2.05) is 0 Å². The summed E-state index contributed by atoms with van der Waals surface area (Å²) in [5, 5.41) is 15.9. The number of morpholine rings is 1. The number of nitrogens with zero attached hydrogens (tertiary/aromatic N) is 1. The smallest absolute Gasteiger partial charge is 0.255 e. The van der Waals surface area contributed by atoms with Crippen LogP contribution in [0.1, 0.15) is 22.4 Å².